The smallest absolute Gasteiger partial charge is 0.258 e. The second-order valence-corrected chi connectivity index (χ2v) is 31.9. The number of hydrogen-bond donors (Lipinski definition) is 2. The molecule has 0 spiro atoms. The van der Waals surface area contributed by atoms with Crippen molar-refractivity contribution < 1.29 is 24.1 Å². The Bertz CT molecular complexity index is 6400. The van der Waals surface area contributed by atoms with Gasteiger partial charge in [-0.2, -0.15) is 0 Å². The lowest BCUT2D eigenvalue weighted by Gasteiger charge is -2.36. The Morgan fingerprint density at radius 2 is 0.950 bits per heavy atom. The minimum atomic E-state index is -0.121. The van der Waals surface area contributed by atoms with Crippen molar-refractivity contribution in [1.82, 2.24) is 76.3 Å². The van der Waals surface area contributed by atoms with Crippen LogP contribution in [-0.4, -0.2) is 210 Å². The highest BCUT2D eigenvalue weighted by Gasteiger charge is 2.26. The predicted octanol–water partition coefficient (Wildman–Crippen LogP) is 12.3. The van der Waals surface area contributed by atoms with Gasteiger partial charge in [0.15, 0.2) is 23.0 Å². The first-order valence-electron chi connectivity index (χ1n) is 41.8. The summed E-state index contributed by atoms with van der Waals surface area (Å²) >= 11 is 0. The van der Waals surface area contributed by atoms with E-state index < -0.39 is 0 Å². The number of benzene rings is 2. The Morgan fingerprint density at radius 1 is 0.463 bits per heavy atom. The lowest BCUT2D eigenvalue weighted by atomic mass is 9.89. The van der Waals surface area contributed by atoms with Crippen molar-refractivity contribution in [3.63, 3.8) is 0 Å². The number of aliphatic hydroxyl groups excluding tert-OH is 1. The number of ether oxygens (including phenoxy) is 4. The number of imidazole rings is 2. The minimum Gasteiger partial charge on any atom is -0.493 e. The van der Waals surface area contributed by atoms with Crippen molar-refractivity contribution in [2.75, 3.05) is 131 Å². The highest BCUT2D eigenvalue weighted by atomic mass is 16.5. The Hall–Kier alpha value is -12.4. The summed E-state index contributed by atoms with van der Waals surface area (Å²) in [7, 11) is 12.8. The van der Waals surface area contributed by atoms with Gasteiger partial charge >= 0.3 is 0 Å². The van der Waals surface area contributed by atoms with Crippen LogP contribution in [0.5, 0.6) is 23.0 Å². The maximum absolute atomic E-state index is 13.1. The molecule has 3 saturated heterocycles. The Kier molecular flexibility index (Phi) is 25.6. The van der Waals surface area contributed by atoms with Crippen LogP contribution in [-0.2, 0) is 6.42 Å². The summed E-state index contributed by atoms with van der Waals surface area (Å²) in [5.41, 5.74) is 19.9. The SMILES string of the molecule is CCN1CC=C(c2ccc3nc(-c4ccc5nc(C)cn5c4)cc(=O)n3c2)CC1.CCc1cc(C2CCN(C)CC2)cn2c(=O)cc(-c3ccc(OC)c(OC)c3)nc12.COc1ccc(-c2cc(=O)n3cc(N4CCC(NCCO)CC4)cc(C)c3n2)cc1OC.Cc1cn2cc(-c3cc(=O)n4cc(N5CCC(N(C)C)CC5)ccc4n3)ccc2n1. The van der Waals surface area contributed by atoms with Gasteiger partial charge in [-0.25, -0.2) is 29.9 Å². The molecule has 16 heterocycles. The zero-order valence-electron chi connectivity index (χ0n) is 71.2. The van der Waals surface area contributed by atoms with Crippen LogP contribution in [0.15, 0.2) is 196 Å². The maximum Gasteiger partial charge on any atom is 0.258 e. The number of pyridine rings is 6. The molecule has 27 heteroatoms. The highest BCUT2D eigenvalue weighted by Crippen LogP contribution is 2.36. The van der Waals surface area contributed by atoms with Crippen molar-refractivity contribution in [2.45, 2.75) is 104 Å². The van der Waals surface area contributed by atoms with E-state index in [0.29, 0.717) is 87.3 Å². The number of methoxy groups -OCH3 is 4. The zero-order chi connectivity index (χ0) is 84.7. The summed E-state index contributed by atoms with van der Waals surface area (Å²) in [5.74, 6) is 2.98. The number of aromatic nitrogens is 12. The fourth-order valence-electron chi connectivity index (χ4n) is 16.8. The quantitative estimate of drug-likeness (QED) is 0.0809. The van der Waals surface area contributed by atoms with Crippen LogP contribution in [0.4, 0.5) is 11.4 Å². The fourth-order valence-corrected chi connectivity index (χ4v) is 16.8. The molecule has 121 heavy (non-hydrogen) atoms. The lowest BCUT2D eigenvalue weighted by molar-refractivity contribution is 0.249. The monoisotopic (exact) mass is 1630 g/mol. The van der Waals surface area contributed by atoms with Gasteiger partial charge in [-0.1, -0.05) is 26.0 Å². The first-order valence-corrected chi connectivity index (χ1v) is 41.8. The molecule has 0 bridgehead atoms. The van der Waals surface area contributed by atoms with Crippen LogP contribution in [0.25, 0.3) is 84.5 Å². The molecule has 0 atom stereocenters. The van der Waals surface area contributed by atoms with Gasteiger partial charge in [-0.05, 0) is 238 Å². The zero-order valence-corrected chi connectivity index (χ0v) is 71.2. The number of nitrogens with one attached hydrogen (secondary N) is 1. The molecule has 2 aromatic carbocycles. The largest absolute Gasteiger partial charge is 0.493 e. The van der Waals surface area contributed by atoms with Crippen LogP contribution >= 0.6 is 0 Å². The number of fused-ring (bicyclic) bond motifs is 6. The van der Waals surface area contributed by atoms with E-state index in [1.165, 1.54) is 11.1 Å². The van der Waals surface area contributed by atoms with Crippen molar-refractivity contribution in [2.24, 2.45) is 0 Å². The molecular weight excluding hydrogens is 1530 g/mol. The maximum atomic E-state index is 13.1. The number of rotatable bonds is 18. The third-order valence-electron chi connectivity index (χ3n) is 23.8. The minimum absolute atomic E-state index is 0.0609. The number of anilines is 2. The summed E-state index contributed by atoms with van der Waals surface area (Å²) < 4.78 is 32.0. The summed E-state index contributed by atoms with van der Waals surface area (Å²) in [6, 6.07) is 38.7. The van der Waals surface area contributed by atoms with Gasteiger partial charge in [0.1, 0.15) is 33.9 Å². The molecule has 628 valence electrons. The van der Waals surface area contributed by atoms with E-state index in [1.54, 1.807) is 70.3 Å². The van der Waals surface area contributed by atoms with E-state index in [1.807, 2.05) is 152 Å². The number of hydrogen-bond acceptors (Lipinski definition) is 21. The van der Waals surface area contributed by atoms with Crippen LogP contribution < -0.4 is 56.3 Å². The third kappa shape index (κ3) is 18.7. The van der Waals surface area contributed by atoms with Crippen molar-refractivity contribution >= 4 is 50.8 Å². The van der Waals surface area contributed by atoms with Gasteiger partial charge < -0.3 is 57.8 Å². The molecule has 0 radical (unpaired) electrons. The van der Waals surface area contributed by atoms with E-state index in [4.69, 9.17) is 44.0 Å². The fraction of sp³-hybridized carbons (Fsp3) is 0.362. The van der Waals surface area contributed by atoms with E-state index >= 15 is 0 Å². The predicted molar refractivity (Wildman–Crippen MR) is 478 cm³/mol. The number of likely N-dealkylation sites (N-methyl/N-ethyl adjacent to an activating group) is 1. The summed E-state index contributed by atoms with van der Waals surface area (Å²) in [5, 5.41) is 12.4. The van der Waals surface area contributed by atoms with Crippen molar-refractivity contribution in [1.29, 1.82) is 0 Å². The molecule has 0 aliphatic carbocycles. The van der Waals surface area contributed by atoms with Gasteiger partial charge in [-0.3, -0.25) is 41.7 Å². The summed E-state index contributed by atoms with van der Waals surface area (Å²) in [6.45, 7) is 20.1. The van der Waals surface area contributed by atoms with Crippen molar-refractivity contribution in [3.05, 3.63) is 252 Å². The molecule has 4 aliphatic rings. The van der Waals surface area contributed by atoms with Crippen LogP contribution in [0.1, 0.15) is 98.4 Å². The molecule has 12 aromatic heterocycles. The molecule has 0 saturated carbocycles. The number of likely N-dealkylation sites (tertiary alicyclic amines) is 1. The first-order chi connectivity index (χ1) is 58.6. The number of piperidine rings is 3. The van der Waals surface area contributed by atoms with E-state index in [0.717, 1.165) is 189 Å². The van der Waals surface area contributed by atoms with Gasteiger partial charge in [0.05, 0.1) is 80.6 Å². The molecule has 14 aromatic rings. The van der Waals surface area contributed by atoms with E-state index in [-0.39, 0.29) is 28.8 Å². The number of aliphatic hydroxyl groups is 1. The van der Waals surface area contributed by atoms with Gasteiger partial charge in [-0.15, -0.1) is 0 Å². The number of nitrogens with zero attached hydrogens (tertiary/aromatic N) is 17. The second kappa shape index (κ2) is 37.1. The molecule has 3 fully saturated rings. The Balaban J connectivity index is 0.000000126. The van der Waals surface area contributed by atoms with Gasteiger partial charge in [0, 0.05) is 154 Å². The molecular formula is C94H108N18O9. The summed E-state index contributed by atoms with van der Waals surface area (Å²) in [6.07, 6.45) is 26.2. The highest BCUT2D eigenvalue weighted by molar-refractivity contribution is 5.72. The van der Waals surface area contributed by atoms with E-state index in [2.05, 4.69) is 105 Å². The van der Waals surface area contributed by atoms with Gasteiger partial charge in [0.25, 0.3) is 22.2 Å². The molecule has 4 aliphatic heterocycles. The molecule has 27 nitrogen and oxygen atoms in total. The third-order valence-corrected chi connectivity index (χ3v) is 23.8. The summed E-state index contributed by atoms with van der Waals surface area (Å²) in [4.78, 5) is 91.6. The molecule has 18 rings (SSSR count). The Labute approximate surface area is 703 Å². The normalized spacial score (nSPS) is 15.2. The van der Waals surface area contributed by atoms with Crippen molar-refractivity contribution in [3.8, 4) is 68.0 Å². The van der Waals surface area contributed by atoms with Crippen LogP contribution in [0.3, 0.4) is 0 Å². The average Bonchev–Trinajstić information content (AvgIpc) is 0.907. The van der Waals surface area contributed by atoms with Crippen LogP contribution in [0, 0.1) is 20.8 Å². The molecule has 0 unspecified atom stereocenters. The first kappa shape index (κ1) is 83.7. The Morgan fingerprint density at radius 3 is 1.48 bits per heavy atom. The number of aryl methyl sites for hydroxylation is 4. The molecule has 2 N–H and O–H groups in total. The average molecular weight is 1630 g/mol. The molecule has 0 amide bonds. The van der Waals surface area contributed by atoms with E-state index in [9.17, 15) is 19.2 Å². The lowest BCUT2D eigenvalue weighted by Crippen LogP contribution is -2.43. The standard InChI is InChI=1S/C24H30N4O4.C24H29N3O3.C23H26N6O.C23H23N5O/c1-16-12-19(27-9-6-18(7-10-27)25-8-11-29)15-28-23(30)14-20(26-24(16)28)17-4-5-21(31-2)22(13-17)32-3;1-5-16-12-19(17-8-10-26(2)11-9-17)15-27-23(28)14-20(25-24(16)27)18-6-7-21(29-3)22(13-18)30-4;1-16-13-28-14-17(4-6-21(28)24-16)20-12-23(30)29-15-19(5-7-22(29)25-20)27-10-8-18(9-11-27)26(2)3;1-3-26-10-8-17(9-11-26)18-4-7-22-25-20(12-23(29)28(22)15-18)19-5-6-21-24-16(2)13-27(21)14-19/h4-5,12-15,18,25,29H,6-11H2,1-3H3;6-7,12-15,17H,5,8-11H2,1-4H3;4-7,12-15,18H,8-11H2,1-3H3;4-8,12-15H,3,9-11H2,1-2H3. The second-order valence-electron chi connectivity index (χ2n) is 31.9. The topological polar surface area (TPSA) is 257 Å². The van der Waals surface area contributed by atoms with Gasteiger partial charge in [0.2, 0.25) is 0 Å². The van der Waals surface area contributed by atoms with Crippen LogP contribution in [0.2, 0.25) is 0 Å².